The molecule has 0 amide bonds. The number of ether oxygens (including phenoxy) is 2. The van der Waals surface area contributed by atoms with Gasteiger partial charge in [0.2, 0.25) is 0 Å². The lowest BCUT2D eigenvalue weighted by atomic mass is 10.1. The van der Waals surface area contributed by atoms with Crippen LogP contribution >= 0.6 is 0 Å². The summed E-state index contributed by atoms with van der Waals surface area (Å²) in [5.74, 6) is -0.183. The highest BCUT2D eigenvalue weighted by molar-refractivity contribution is 5.76. The number of hydrogen-bond donors (Lipinski definition) is 1. The Bertz CT molecular complexity index is 275. The Kier molecular flexibility index (Phi) is 4.20. The van der Waals surface area contributed by atoms with Crippen LogP contribution in [0.1, 0.15) is 48.0 Å². The Morgan fingerprint density at radius 2 is 1.71 bits per heavy atom. The fraction of sp³-hybridized carbons (Fsp3) is 0.923. The molecule has 4 nitrogen and oxygen atoms in total. The lowest BCUT2D eigenvalue weighted by Crippen LogP contribution is -2.37. The number of hydrogen-bond acceptors (Lipinski definition) is 4. The van der Waals surface area contributed by atoms with Gasteiger partial charge < -0.3 is 14.8 Å². The van der Waals surface area contributed by atoms with Gasteiger partial charge in [0.1, 0.15) is 11.6 Å². The first-order valence-electron chi connectivity index (χ1n) is 6.21. The van der Waals surface area contributed by atoms with E-state index in [0.717, 1.165) is 0 Å². The molecule has 1 N–H and O–H groups in total. The van der Waals surface area contributed by atoms with Gasteiger partial charge in [-0.15, -0.1) is 0 Å². The number of carbonyl (C=O) groups excluding carboxylic acids is 1. The van der Waals surface area contributed by atoms with Gasteiger partial charge in [0.15, 0.2) is 0 Å². The average molecular weight is 243 g/mol. The zero-order valence-corrected chi connectivity index (χ0v) is 11.8. The molecule has 1 heterocycles. The van der Waals surface area contributed by atoms with Gasteiger partial charge in [0.05, 0.1) is 11.7 Å². The molecule has 0 saturated carbocycles. The Labute approximate surface area is 104 Å². The van der Waals surface area contributed by atoms with E-state index in [1.807, 2.05) is 41.5 Å². The highest BCUT2D eigenvalue weighted by Gasteiger charge is 2.34. The van der Waals surface area contributed by atoms with Crippen LogP contribution in [0.25, 0.3) is 0 Å². The first kappa shape index (κ1) is 14.5. The minimum atomic E-state index is -0.429. The predicted octanol–water partition coefficient (Wildman–Crippen LogP) is 1.87. The molecule has 1 fully saturated rings. The molecule has 1 aliphatic heterocycles. The van der Waals surface area contributed by atoms with Crippen LogP contribution < -0.4 is 5.32 Å². The van der Waals surface area contributed by atoms with Crippen molar-refractivity contribution in [2.45, 2.75) is 71.3 Å². The van der Waals surface area contributed by atoms with Crippen LogP contribution in [0.5, 0.6) is 0 Å². The lowest BCUT2D eigenvalue weighted by Gasteiger charge is -2.24. The summed E-state index contributed by atoms with van der Waals surface area (Å²) in [6.07, 6.45) is 0.777. The molecule has 1 aliphatic rings. The monoisotopic (exact) mass is 243 g/mol. The van der Waals surface area contributed by atoms with Crippen LogP contribution in [0.4, 0.5) is 0 Å². The largest absolute Gasteiger partial charge is 0.459 e. The van der Waals surface area contributed by atoms with E-state index in [1.54, 1.807) is 0 Å². The maximum atomic E-state index is 11.8. The van der Waals surface area contributed by atoms with Crippen LogP contribution in [0.15, 0.2) is 0 Å². The smallest absolute Gasteiger partial charge is 0.323 e. The first-order chi connectivity index (χ1) is 7.57. The van der Waals surface area contributed by atoms with E-state index in [0.29, 0.717) is 13.0 Å². The van der Waals surface area contributed by atoms with Gasteiger partial charge in [0.25, 0.3) is 0 Å². The van der Waals surface area contributed by atoms with Crippen molar-refractivity contribution in [3.05, 3.63) is 0 Å². The third-order valence-corrected chi connectivity index (χ3v) is 2.30. The van der Waals surface area contributed by atoms with Crippen molar-refractivity contribution < 1.29 is 14.3 Å². The maximum Gasteiger partial charge on any atom is 0.323 e. The molecule has 0 spiro atoms. The molecule has 0 radical (unpaired) electrons. The molecule has 100 valence electrons. The highest BCUT2D eigenvalue weighted by atomic mass is 16.6. The second kappa shape index (κ2) is 4.94. The third-order valence-electron chi connectivity index (χ3n) is 2.30. The second-order valence-corrected chi connectivity index (χ2v) is 6.58. The van der Waals surface area contributed by atoms with E-state index < -0.39 is 5.60 Å². The van der Waals surface area contributed by atoms with Crippen molar-refractivity contribution in [3.8, 4) is 0 Å². The van der Waals surface area contributed by atoms with Crippen LogP contribution in [-0.2, 0) is 14.3 Å². The molecular weight excluding hydrogens is 218 g/mol. The number of nitrogens with one attached hydrogen (secondary N) is 1. The molecule has 0 aliphatic carbocycles. The topological polar surface area (TPSA) is 47.6 Å². The molecule has 0 unspecified atom stereocenters. The quantitative estimate of drug-likeness (QED) is 0.752. The standard InChI is InChI=1S/C13H25NO3/c1-12(2,3)16-9-7-10(14-8-9)11(15)17-13(4,5)6/h9-10,14H,7-8H2,1-6H3/t9-,10+/m1/s1. The molecule has 0 aromatic rings. The van der Waals surface area contributed by atoms with E-state index in [4.69, 9.17) is 9.47 Å². The van der Waals surface area contributed by atoms with E-state index >= 15 is 0 Å². The van der Waals surface area contributed by atoms with Crippen LogP contribution in [0.2, 0.25) is 0 Å². The second-order valence-electron chi connectivity index (χ2n) is 6.58. The Hall–Kier alpha value is -0.610. The molecule has 0 aromatic carbocycles. The van der Waals surface area contributed by atoms with Crippen LogP contribution in [0, 0.1) is 0 Å². The zero-order chi connectivity index (χ0) is 13.3. The molecule has 17 heavy (non-hydrogen) atoms. The molecule has 0 bridgehead atoms. The summed E-state index contributed by atoms with van der Waals surface area (Å²) in [6, 6.07) is -0.235. The minimum absolute atomic E-state index is 0.0903. The van der Waals surface area contributed by atoms with E-state index in [-0.39, 0.29) is 23.7 Å². The van der Waals surface area contributed by atoms with Gasteiger partial charge in [-0.2, -0.15) is 0 Å². The van der Waals surface area contributed by atoms with Crippen molar-refractivity contribution in [1.82, 2.24) is 5.32 Å². The normalized spacial score (nSPS) is 26.0. The SMILES string of the molecule is CC(C)(C)OC(=O)[C@@H]1C[C@@H](OC(C)(C)C)CN1. The van der Waals surface area contributed by atoms with Gasteiger partial charge in [-0.1, -0.05) is 0 Å². The lowest BCUT2D eigenvalue weighted by molar-refractivity contribution is -0.157. The fourth-order valence-electron chi connectivity index (χ4n) is 1.85. The Balaban J connectivity index is 2.43. The summed E-state index contributed by atoms with van der Waals surface area (Å²) in [7, 11) is 0. The van der Waals surface area contributed by atoms with E-state index in [2.05, 4.69) is 5.32 Å². The summed E-state index contributed by atoms with van der Waals surface area (Å²) < 4.78 is 11.2. The van der Waals surface area contributed by atoms with Crippen molar-refractivity contribution in [1.29, 1.82) is 0 Å². The Morgan fingerprint density at radius 1 is 1.12 bits per heavy atom. The molecule has 0 aromatic heterocycles. The summed E-state index contributed by atoms with van der Waals surface area (Å²) >= 11 is 0. The maximum absolute atomic E-state index is 11.8. The number of esters is 1. The van der Waals surface area contributed by atoms with Crippen molar-refractivity contribution in [2.24, 2.45) is 0 Å². The first-order valence-corrected chi connectivity index (χ1v) is 6.21. The Morgan fingerprint density at radius 3 is 2.18 bits per heavy atom. The zero-order valence-electron chi connectivity index (χ0n) is 11.8. The van der Waals surface area contributed by atoms with Gasteiger partial charge in [-0.3, -0.25) is 4.79 Å². The number of carbonyl (C=O) groups is 1. The van der Waals surface area contributed by atoms with Crippen molar-refractivity contribution >= 4 is 5.97 Å². The molecule has 1 rings (SSSR count). The summed E-state index contributed by atoms with van der Waals surface area (Å²) in [6.45, 7) is 12.4. The predicted molar refractivity (Wildman–Crippen MR) is 66.9 cm³/mol. The summed E-state index contributed by atoms with van der Waals surface area (Å²) in [5.41, 5.74) is -0.600. The fourth-order valence-corrected chi connectivity index (χ4v) is 1.85. The average Bonchev–Trinajstić information content (AvgIpc) is 2.45. The minimum Gasteiger partial charge on any atom is -0.459 e. The third kappa shape index (κ3) is 5.50. The van der Waals surface area contributed by atoms with Gasteiger partial charge >= 0.3 is 5.97 Å². The molecular formula is C13H25NO3. The molecule has 2 atom stereocenters. The van der Waals surface area contributed by atoms with E-state index in [1.165, 1.54) is 0 Å². The molecule has 1 saturated heterocycles. The van der Waals surface area contributed by atoms with Crippen molar-refractivity contribution in [3.63, 3.8) is 0 Å². The van der Waals surface area contributed by atoms with Gasteiger partial charge in [-0.05, 0) is 41.5 Å². The van der Waals surface area contributed by atoms with Crippen LogP contribution in [-0.4, -0.2) is 35.9 Å². The molecule has 4 heteroatoms. The van der Waals surface area contributed by atoms with Gasteiger partial charge in [0, 0.05) is 13.0 Å². The highest BCUT2D eigenvalue weighted by Crippen LogP contribution is 2.20. The van der Waals surface area contributed by atoms with Crippen molar-refractivity contribution in [2.75, 3.05) is 6.54 Å². The number of rotatable bonds is 2. The summed E-state index contributed by atoms with van der Waals surface area (Å²) in [4.78, 5) is 11.8. The van der Waals surface area contributed by atoms with Crippen LogP contribution in [0.3, 0.4) is 0 Å². The van der Waals surface area contributed by atoms with Gasteiger partial charge in [-0.25, -0.2) is 0 Å². The summed E-state index contributed by atoms with van der Waals surface area (Å²) in [5, 5.41) is 3.15. The van der Waals surface area contributed by atoms with E-state index in [9.17, 15) is 4.79 Å².